The van der Waals surface area contributed by atoms with Gasteiger partial charge in [0.05, 0.1) is 11.4 Å². The van der Waals surface area contributed by atoms with Crippen molar-refractivity contribution in [3.8, 4) is 0 Å². The lowest BCUT2D eigenvalue weighted by molar-refractivity contribution is 0.587. The Hall–Kier alpha value is -1.25. The predicted molar refractivity (Wildman–Crippen MR) is 63.6 cm³/mol. The molecule has 0 aliphatic rings. The van der Waals surface area contributed by atoms with E-state index in [9.17, 15) is 4.39 Å². The second-order valence-electron chi connectivity index (χ2n) is 3.78. The molecule has 0 aliphatic carbocycles. The number of hydrogen-bond acceptors (Lipinski definition) is 2. The van der Waals surface area contributed by atoms with Gasteiger partial charge in [-0.3, -0.25) is 0 Å². The molecule has 0 aromatic heterocycles. The van der Waals surface area contributed by atoms with Gasteiger partial charge in [-0.2, -0.15) is 0 Å². The fraction of sp³-hybridized carbons (Fsp3) is 0.500. The van der Waals surface area contributed by atoms with Crippen LogP contribution in [-0.4, -0.2) is 13.1 Å². The molecule has 1 rings (SSSR count). The molecule has 0 unspecified atom stereocenters. The molecule has 0 atom stereocenters. The predicted octanol–water partition coefficient (Wildman–Crippen LogP) is 3.03. The number of rotatable bonds is 4. The average Bonchev–Trinajstić information content (AvgIpc) is 2.23. The number of hydrogen-bond donors (Lipinski definition) is 1. The smallest absolute Gasteiger partial charge is 0.125 e. The van der Waals surface area contributed by atoms with Crippen molar-refractivity contribution in [3.05, 3.63) is 24.0 Å². The number of nitrogens with zero attached hydrogens (tertiary/aromatic N) is 1. The van der Waals surface area contributed by atoms with Crippen LogP contribution >= 0.6 is 0 Å². The molecule has 84 valence electrons. The highest BCUT2D eigenvalue weighted by molar-refractivity contribution is 5.67. The van der Waals surface area contributed by atoms with Crippen molar-refractivity contribution >= 4 is 11.4 Å². The molecule has 1 aromatic rings. The van der Waals surface area contributed by atoms with Gasteiger partial charge in [0.2, 0.25) is 0 Å². The van der Waals surface area contributed by atoms with Gasteiger partial charge < -0.3 is 10.6 Å². The lowest BCUT2D eigenvalue weighted by Crippen LogP contribution is -2.31. The van der Waals surface area contributed by atoms with Crippen LogP contribution in [0.4, 0.5) is 15.8 Å². The molecule has 3 heteroatoms. The SMILES string of the molecule is CCC(CC)N(C)c1cc(F)ccc1N. The van der Waals surface area contributed by atoms with Gasteiger partial charge in [0.15, 0.2) is 0 Å². The van der Waals surface area contributed by atoms with Crippen LogP contribution in [0.2, 0.25) is 0 Å². The normalized spacial score (nSPS) is 10.7. The van der Waals surface area contributed by atoms with Crippen molar-refractivity contribution in [1.82, 2.24) is 0 Å². The number of nitrogens with two attached hydrogens (primary N) is 1. The summed E-state index contributed by atoms with van der Waals surface area (Å²) in [5, 5.41) is 0. The van der Waals surface area contributed by atoms with E-state index in [4.69, 9.17) is 5.73 Å². The maximum absolute atomic E-state index is 13.1. The molecule has 0 bridgehead atoms. The van der Waals surface area contributed by atoms with Crippen LogP contribution < -0.4 is 10.6 Å². The van der Waals surface area contributed by atoms with E-state index in [2.05, 4.69) is 18.7 Å². The summed E-state index contributed by atoms with van der Waals surface area (Å²) < 4.78 is 13.1. The molecule has 2 N–H and O–H groups in total. The number of benzene rings is 1. The van der Waals surface area contributed by atoms with Gasteiger partial charge in [-0.25, -0.2) is 4.39 Å². The molecule has 0 radical (unpaired) electrons. The zero-order chi connectivity index (χ0) is 11.4. The van der Waals surface area contributed by atoms with Crippen molar-refractivity contribution in [1.29, 1.82) is 0 Å². The summed E-state index contributed by atoms with van der Waals surface area (Å²) in [6.45, 7) is 4.25. The highest BCUT2D eigenvalue weighted by Crippen LogP contribution is 2.26. The number of anilines is 2. The minimum Gasteiger partial charge on any atom is -0.397 e. The van der Waals surface area contributed by atoms with Gasteiger partial charge in [-0.05, 0) is 31.0 Å². The van der Waals surface area contributed by atoms with E-state index in [1.807, 2.05) is 7.05 Å². The monoisotopic (exact) mass is 210 g/mol. The first-order valence-electron chi connectivity index (χ1n) is 5.38. The fourth-order valence-electron chi connectivity index (χ4n) is 1.86. The zero-order valence-corrected chi connectivity index (χ0v) is 9.63. The molecule has 2 nitrogen and oxygen atoms in total. The van der Waals surface area contributed by atoms with E-state index < -0.39 is 0 Å². The second kappa shape index (κ2) is 5.01. The fourth-order valence-corrected chi connectivity index (χ4v) is 1.86. The van der Waals surface area contributed by atoms with Gasteiger partial charge in [-0.1, -0.05) is 13.8 Å². The van der Waals surface area contributed by atoms with Gasteiger partial charge in [0.25, 0.3) is 0 Å². The first-order valence-corrected chi connectivity index (χ1v) is 5.38. The number of halogens is 1. The lowest BCUT2D eigenvalue weighted by Gasteiger charge is -2.29. The van der Waals surface area contributed by atoms with Crippen molar-refractivity contribution in [2.75, 3.05) is 17.7 Å². The van der Waals surface area contributed by atoms with Crippen LogP contribution in [-0.2, 0) is 0 Å². The summed E-state index contributed by atoms with van der Waals surface area (Å²) in [5.41, 5.74) is 7.24. The minimum absolute atomic E-state index is 0.239. The van der Waals surface area contributed by atoms with Crippen LogP contribution in [0.5, 0.6) is 0 Å². The van der Waals surface area contributed by atoms with Crippen LogP contribution in [0.25, 0.3) is 0 Å². The Morgan fingerprint density at radius 2 is 1.93 bits per heavy atom. The molecule has 0 saturated heterocycles. The van der Waals surface area contributed by atoms with E-state index in [0.29, 0.717) is 11.7 Å². The Morgan fingerprint density at radius 3 is 2.47 bits per heavy atom. The Kier molecular flexibility index (Phi) is 3.95. The molecule has 0 heterocycles. The van der Waals surface area contributed by atoms with E-state index >= 15 is 0 Å². The highest BCUT2D eigenvalue weighted by Gasteiger charge is 2.13. The van der Waals surface area contributed by atoms with Crippen LogP contribution in [0.1, 0.15) is 26.7 Å². The van der Waals surface area contributed by atoms with Crippen molar-refractivity contribution in [2.45, 2.75) is 32.7 Å². The highest BCUT2D eigenvalue weighted by atomic mass is 19.1. The van der Waals surface area contributed by atoms with E-state index in [1.165, 1.54) is 12.1 Å². The topological polar surface area (TPSA) is 29.3 Å². The molecule has 15 heavy (non-hydrogen) atoms. The lowest BCUT2D eigenvalue weighted by atomic mass is 10.1. The quantitative estimate of drug-likeness (QED) is 0.774. The van der Waals surface area contributed by atoms with Gasteiger partial charge >= 0.3 is 0 Å². The Balaban J connectivity index is 2.98. The molecule has 0 aliphatic heterocycles. The standard InChI is InChI=1S/C12H19FN2/c1-4-10(5-2)15(3)12-8-9(13)6-7-11(12)14/h6-8,10H,4-5,14H2,1-3H3. The molecule has 0 spiro atoms. The Labute approximate surface area is 90.9 Å². The largest absolute Gasteiger partial charge is 0.397 e. The maximum Gasteiger partial charge on any atom is 0.125 e. The maximum atomic E-state index is 13.1. The average molecular weight is 210 g/mol. The molecule has 1 aromatic carbocycles. The summed E-state index contributed by atoms with van der Waals surface area (Å²) in [7, 11) is 1.96. The van der Waals surface area contributed by atoms with Crippen LogP contribution in [0.15, 0.2) is 18.2 Å². The Morgan fingerprint density at radius 1 is 1.33 bits per heavy atom. The summed E-state index contributed by atoms with van der Waals surface area (Å²) in [6, 6.07) is 4.91. The van der Waals surface area contributed by atoms with Gasteiger partial charge in [0, 0.05) is 13.1 Å². The van der Waals surface area contributed by atoms with Crippen molar-refractivity contribution in [2.24, 2.45) is 0 Å². The van der Waals surface area contributed by atoms with Crippen LogP contribution in [0.3, 0.4) is 0 Å². The summed E-state index contributed by atoms with van der Waals surface area (Å²) in [4.78, 5) is 2.05. The van der Waals surface area contributed by atoms with E-state index in [1.54, 1.807) is 6.07 Å². The molecular weight excluding hydrogens is 191 g/mol. The minimum atomic E-state index is -0.239. The van der Waals surface area contributed by atoms with E-state index in [0.717, 1.165) is 18.5 Å². The summed E-state index contributed by atoms with van der Waals surface area (Å²) >= 11 is 0. The first-order chi connectivity index (χ1) is 7.10. The molecular formula is C12H19FN2. The molecule has 0 saturated carbocycles. The third-order valence-corrected chi connectivity index (χ3v) is 2.86. The van der Waals surface area contributed by atoms with E-state index in [-0.39, 0.29) is 5.82 Å². The Bertz CT molecular complexity index is 321. The van der Waals surface area contributed by atoms with Gasteiger partial charge in [0.1, 0.15) is 5.82 Å². The third kappa shape index (κ3) is 2.61. The zero-order valence-electron chi connectivity index (χ0n) is 9.63. The third-order valence-electron chi connectivity index (χ3n) is 2.86. The van der Waals surface area contributed by atoms with Crippen molar-refractivity contribution < 1.29 is 4.39 Å². The van der Waals surface area contributed by atoms with Gasteiger partial charge in [-0.15, -0.1) is 0 Å². The second-order valence-corrected chi connectivity index (χ2v) is 3.78. The summed E-state index contributed by atoms with van der Waals surface area (Å²) in [5.74, 6) is -0.239. The first kappa shape index (κ1) is 11.8. The van der Waals surface area contributed by atoms with Crippen molar-refractivity contribution in [3.63, 3.8) is 0 Å². The number of nitrogen functional groups attached to an aromatic ring is 1. The molecule has 0 amide bonds. The molecule has 0 fully saturated rings. The van der Waals surface area contributed by atoms with Crippen LogP contribution in [0, 0.1) is 5.82 Å². The summed E-state index contributed by atoms with van der Waals surface area (Å²) in [6.07, 6.45) is 2.06.